The van der Waals surface area contributed by atoms with Gasteiger partial charge in [-0.15, -0.1) is 0 Å². The van der Waals surface area contributed by atoms with Gasteiger partial charge in [0.25, 0.3) is 11.6 Å². The molecule has 5 heteroatoms. The van der Waals surface area contributed by atoms with Crippen molar-refractivity contribution in [1.29, 1.82) is 0 Å². The highest BCUT2D eigenvalue weighted by Crippen LogP contribution is 2.26. The zero-order valence-electron chi connectivity index (χ0n) is 7.84. The van der Waals surface area contributed by atoms with E-state index in [1.165, 1.54) is 17.0 Å². The van der Waals surface area contributed by atoms with Crippen LogP contribution in [0.5, 0.6) is 0 Å². The van der Waals surface area contributed by atoms with E-state index in [0.717, 1.165) is 0 Å². The lowest BCUT2D eigenvalue weighted by Crippen LogP contribution is -2.45. The van der Waals surface area contributed by atoms with Gasteiger partial charge in [-0.2, -0.15) is 0 Å². The molecule has 76 valence electrons. The Labute approximate surface area is 85.8 Å². The topological polar surface area (TPSA) is 63.4 Å². The average molecular weight is 204 g/mol. The number of carbonyl (C=O) groups is 1. The summed E-state index contributed by atoms with van der Waals surface area (Å²) in [5.74, 6) is -0.121. The average Bonchev–Trinajstić information content (AvgIpc) is 2.25. The first-order valence-corrected chi connectivity index (χ1v) is 4.33. The second kappa shape index (κ2) is 3.20. The van der Waals surface area contributed by atoms with Crippen molar-refractivity contribution in [2.24, 2.45) is 0 Å². The summed E-state index contributed by atoms with van der Waals surface area (Å²) in [6.07, 6.45) is 0. The molecule has 0 N–H and O–H groups in total. The summed E-state index contributed by atoms with van der Waals surface area (Å²) in [4.78, 5) is 22.7. The molecule has 1 aliphatic rings. The molecule has 0 unspecified atom stereocenters. The van der Waals surface area contributed by atoms with Crippen LogP contribution >= 0.6 is 0 Å². The van der Waals surface area contributed by atoms with Gasteiger partial charge in [-0.05, 0) is 12.1 Å². The number of non-ortho nitro benzene ring substituents is 1. The van der Waals surface area contributed by atoms with E-state index in [9.17, 15) is 14.9 Å². The molecule has 0 aliphatic carbocycles. The molecule has 1 heterocycles. The normalized spacial score (nSPS) is 15.1. The first kappa shape index (κ1) is 9.39. The van der Waals surface area contributed by atoms with Gasteiger partial charge in [0.2, 0.25) is 0 Å². The summed E-state index contributed by atoms with van der Waals surface area (Å²) >= 11 is 0. The molecule has 0 atom stereocenters. The minimum Gasteiger partial charge on any atom is -0.304 e. The molecular formula is C10H8N2O3. The quantitative estimate of drug-likeness (QED) is 0.317. The van der Waals surface area contributed by atoms with Gasteiger partial charge >= 0.3 is 0 Å². The highest BCUT2D eigenvalue weighted by molar-refractivity contribution is 6.13. The van der Waals surface area contributed by atoms with Crippen LogP contribution < -0.4 is 4.90 Å². The third-order valence-electron chi connectivity index (χ3n) is 2.27. The molecule has 1 saturated heterocycles. The summed E-state index contributed by atoms with van der Waals surface area (Å²) in [5.41, 5.74) is 1.25. The second-order valence-corrected chi connectivity index (χ2v) is 3.27. The van der Waals surface area contributed by atoms with Gasteiger partial charge in [-0.3, -0.25) is 14.9 Å². The SMILES string of the molecule is C=C1CN(c2ccc([N+](=O)[O-])cc2)C1=O. The molecule has 15 heavy (non-hydrogen) atoms. The van der Waals surface area contributed by atoms with Crippen molar-refractivity contribution in [3.05, 3.63) is 46.5 Å². The van der Waals surface area contributed by atoms with Crippen molar-refractivity contribution in [3.63, 3.8) is 0 Å². The van der Waals surface area contributed by atoms with E-state index in [1.54, 1.807) is 12.1 Å². The van der Waals surface area contributed by atoms with Crippen LogP contribution in [0.4, 0.5) is 11.4 Å². The molecule has 1 aliphatic heterocycles. The number of benzene rings is 1. The van der Waals surface area contributed by atoms with Gasteiger partial charge in [-0.25, -0.2) is 0 Å². The summed E-state index contributed by atoms with van der Waals surface area (Å²) in [6, 6.07) is 5.87. The Morgan fingerprint density at radius 1 is 1.33 bits per heavy atom. The monoisotopic (exact) mass is 204 g/mol. The highest BCUT2D eigenvalue weighted by Gasteiger charge is 2.29. The van der Waals surface area contributed by atoms with Gasteiger partial charge in [0, 0.05) is 23.4 Å². The van der Waals surface area contributed by atoms with E-state index in [1.807, 2.05) is 0 Å². The minimum absolute atomic E-state index is 0.0190. The van der Waals surface area contributed by atoms with Gasteiger partial charge < -0.3 is 4.90 Å². The Hall–Kier alpha value is -2.17. The Morgan fingerprint density at radius 3 is 2.33 bits per heavy atom. The van der Waals surface area contributed by atoms with E-state index < -0.39 is 4.92 Å². The molecule has 0 bridgehead atoms. The molecule has 1 fully saturated rings. The number of nitro groups is 1. The molecule has 2 rings (SSSR count). The maximum Gasteiger partial charge on any atom is 0.269 e. The van der Waals surface area contributed by atoms with Gasteiger partial charge in [-0.1, -0.05) is 6.58 Å². The molecule has 1 aromatic rings. The summed E-state index contributed by atoms with van der Waals surface area (Å²) < 4.78 is 0. The van der Waals surface area contributed by atoms with Crippen molar-refractivity contribution in [2.45, 2.75) is 0 Å². The number of anilines is 1. The van der Waals surface area contributed by atoms with Crippen molar-refractivity contribution < 1.29 is 9.72 Å². The van der Waals surface area contributed by atoms with Gasteiger partial charge in [0.15, 0.2) is 0 Å². The minimum atomic E-state index is -0.472. The molecular weight excluding hydrogens is 196 g/mol. The maximum atomic E-state index is 11.3. The van der Waals surface area contributed by atoms with Crippen LogP contribution in [0, 0.1) is 10.1 Å². The predicted molar refractivity (Wildman–Crippen MR) is 54.6 cm³/mol. The van der Waals surface area contributed by atoms with Crippen LogP contribution in [0.2, 0.25) is 0 Å². The first-order chi connectivity index (χ1) is 7.09. The van der Waals surface area contributed by atoms with Crippen LogP contribution in [-0.4, -0.2) is 17.4 Å². The Morgan fingerprint density at radius 2 is 1.93 bits per heavy atom. The molecule has 0 radical (unpaired) electrons. The van der Waals surface area contributed by atoms with E-state index in [0.29, 0.717) is 17.8 Å². The molecule has 0 aromatic heterocycles. The number of hydrogen-bond donors (Lipinski definition) is 0. The number of carbonyl (C=O) groups excluding carboxylic acids is 1. The van der Waals surface area contributed by atoms with Crippen LogP contribution in [-0.2, 0) is 4.79 Å². The van der Waals surface area contributed by atoms with Crippen LogP contribution in [0.15, 0.2) is 36.4 Å². The molecule has 0 saturated carbocycles. The number of nitro benzene ring substituents is 1. The van der Waals surface area contributed by atoms with E-state index in [4.69, 9.17) is 0 Å². The number of rotatable bonds is 2. The fraction of sp³-hybridized carbons (Fsp3) is 0.100. The lowest BCUT2D eigenvalue weighted by molar-refractivity contribution is -0.384. The van der Waals surface area contributed by atoms with E-state index in [-0.39, 0.29) is 11.6 Å². The van der Waals surface area contributed by atoms with Crippen LogP contribution in [0.25, 0.3) is 0 Å². The second-order valence-electron chi connectivity index (χ2n) is 3.27. The number of hydrogen-bond acceptors (Lipinski definition) is 3. The fourth-order valence-corrected chi connectivity index (χ4v) is 1.39. The molecule has 0 spiro atoms. The van der Waals surface area contributed by atoms with Gasteiger partial charge in [0.05, 0.1) is 11.5 Å². The number of nitrogens with zero attached hydrogens (tertiary/aromatic N) is 2. The summed E-state index contributed by atoms with van der Waals surface area (Å²) in [5, 5.41) is 10.4. The Balaban J connectivity index is 2.21. The summed E-state index contributed by atoms with van der Waals surface area (Å²) in [7, 11) is 0. The Bertz CT molecular complexity index is 450. The van der Waals surface area contributed by atoms with Crippen molar-refractivity contribution in [2.75, 3.05) is 11.4 Å². The lowest BCUT2D eigenvalue weighted by atomic mass is 10.1. The maximum absolute atomic E-state index is 11.3. The third-order valence-corrected chi connectivity index (χ3v) is 2.27. The number of amides is 1. The third kappa shape index (κ3) is 1.48. The fourth-order valence-electron chi connectivity index (χ4n) is 1.39. The largest absolute Gasteiger partial charge is 0.304 e. The van der Waals surface area contributed by atoms with E-state index in [2.05, 4.69) is 6.58 Å². The van der Waals surface area contributed by atoms with E-state index >= 15 is 0 Å². The smallest absolute Gasteiger partial charge is 0.269 e. The van der Waals surface area contributed by atoms with Crippen molar-refractivity contribution >= 4 is 17.3 Å². The lowest BCUT2D eigenvalue weighted by Gasteiger charge is -2.32. The number of β-lactam (4-membered cyclic amide) rings is 1. The van der Waals surface area contributed by atoms with Crippen LogP contribution in [0.3, 0.4) is 0 Å². The first-order valence-electron chi connectivity index (χ1n) is 4.33. The molecule has 5 nitrogen and oxygen atoms in total. The zero-order chi connectivity index (χ0) is 11.0. The van der Waals surface area contributed by atoms with Gasteiger partial charge in [0.1, 0.15) is 0 Å². The predicted octanol–water partition coefficient (Wildman–Crippen LogP) is 1.50. The molecule has 1 amide bonds. The van der Waals surface area contributed by atoms with Crippen molar-refractivity contribution in [1.82, 2.24) is 0 Å². The standard InChI is InChI=1S/C10H8N2O3/c1-7-6-11(10(7)13)8-2-4-9(5-3-8)12(14)15/h2-5H,1,6H2. The van der Waals surface area contributed by atoms with Crippen LogP contribution in [0.1, 0.15) is 0 Å². The Kier molecular flexibility index (Phi) is 2.00. The highest BCUT2D eigenvalue weighted by atomic mass is 16.6. The zero-order valence-corrected chi connectivity index (χ0v) is 7.84. The van der Waals surface area contributed by atoms with Crippen molar-refractivity contribution in [3.8, 4) is 0 Å². The summed E-state index contributed by atoms with van der Waals surface area (Å²) in [6.45, 7) is 4.06. The molecule has 1 aromatic carbocycles.